The van der Waals surface area contributed by atoms with Crippen LogP contribution in [-0.2, 0) is 19.8 Å². The Morgan fingerprint density at radius 1 is 1.33 bits per heavy atom. The average Bonchev–Trinajstić information content (AvgIpc) is 3.04. The molecule has 2 aromatic rings. The molecule has 1 saturated heterocycles. The summed E-state index contributed by atoms with van der Waals surface area (Å²) in [5, 5.41) is 10.5. The molecule has 4 nitrogen and oxygen atoms in total. The molecule has 0 saturated carbocycles. The number of hydrogen-bond donors (Lipinski definition) is 1. The van der Waals surface area contributed by atoms with Crippen LogP contribution in [0.2, 0.25) is 5.15 Å². The predicted octanol–water partition coefficient (Wildman–Crippen LogP) is 3.40. The molecule has 0 aliphatic carbocycles. The third-order valence-electron chi connectivity index (χ3n) is 4.38. The van der Waals surface area contributed by atoms with Gasteiger partial charge in [-0.2, -0.15) is 13.2 Å². The second kappa shape index (κ2) is 6.38. The minimum absolute atomic E-state index is 0.182. The highest BCUT2D eigenvalue weighted by atomic mass is 35.5. The maximum atomic E-state index is 13.3. The Bertz CT molecular complexity index is 732. The molecule has 2 heterocycles. The van der Waals surface area contributed by atoms with Crippen LogP contribution in [0.25, 0.3) is 0 Å². The minimum atomic E-state index is -4.43. The van der Waals surface area contributed by atoms with Gasteiger partial charge in [0, 0.05) is 19.6 Å². The molecule has 1 aliphatic heterocycles. The standard InChI is InChI=1S/C16H17ClF3N3O/c1-22-14(17)7-21-15(22)9-23-8-10(24)6-13(23)11-4-2-3-5-12(11)16(18,19)20/h2-5,7,10,13,24H,6,8-9H2,1H3/t10-,13+/m0/s1. The van der Waals surface area contributed by atoms with Gasteiger partial charge in [-0.25, -0.2) is 4.98 Å². The van der Waals surface area contributed by atoms with Gasteiger partial charge >= 0.3 is 6.18 Å². The zero-order valence-electron chi connectivity index (χ0n) is 13.0. The van der Waals surface area contributed by atoms with E-state index in [0.29, 0.717) is 24.1 Å². The zero-order chi connectivity index (χ0) is 17.5. The minimum Gasteiger partial charge on any atom is -0.392 e. The summed E-state index contributed by atoms with van der Waals surface area (Å²) in [6.45, 7) is 0.610. The van der Waals surface area contributed by atoms with Crippen LogP contribution in [0.3, 0.4) is 0 Å². The molecule has 3 rings (SSSR count). The first-order valence-electron chi connectivity index (χ1n) is 7.51. The second-order valence-electron chi connectivity index (χ2n) is 5.98. The van der Waals surface area contributed by atoms with Gasteiger partial charge in [-0.3, -0.25) is 4.90 Å². The molecule has 1 aliphatic rings. The van der Waals surface area contributed by atoms with E-state index in [2.05, 4.69) is 4.98 Å². The Balaban J connectivity index is 1.93. The zero-order valence-corrected chi connectivity index (χ0v) is 13.7. The third-order valence-corrected chi connectivity index (χ3v) is 4.73. The molecule has 24 heavy (non-hydrogen) atoms. The number of likely N-dealkylation sites (tertiary alicyclic amines) is 1. The number of alkyl halides is 3. The molecule has 130 valence electrons. The Hall–Kier alpha value is -1.57. The number of β-amino-alcohol motifs (C(OH)–C–C–N with tert-alkyl or cyclic N) is 1. The van der Waals surface area contributed by atoms with E-state index in [1.54, 1.807) is 17.7 Å². The molecule has 1 N–H and O–H groups in total. The van der Waals surface area contributed by atoms with Crippen LogP contribution >= 0.6 is 11.6 Å². The van der Waals surface area contributed by atoms with Crippen LogP contribution in [0, 0.1) is 0 Å². The number of rotatable bonds is 3. The summed E-state index contributed by atoms with van der Waals surface area (Å²) in [7, 11) is 1.75. The molecule has 8 heteroatoms. The van der Waals surface area contributed by atoms with E-state index in [-0.39, 0.29) is 12.0 Å². The van der Waals surface area contributed by atoms with Crippen LogP contribution in [0.4, 0.5) is 13.2 Å². The molecule has 0 bridgehead atoms. The summed E-state index contributed by atoms with van der Waals surface area (Å²) in [5.41, 5.74) is -0.478. The Labute approximate surface area is 142 Å². The van der Waals surface area contributed by atoms with Crippen molar-refractivity contribution in [2.75, 3.05) is 6.54 Å². The van der Waals surface area contributed by atoms with Crippen molar-refractivity contribution in [1.29, 1.82) is 0 Å². The molecular formula is C16H17ClF3N3O. The summed E-state index contributed by atoms with van der Waals surface area (Å²) in [6.07, 6.45) is -3.35. The van der Waals surface area contributed by atoms with Gasteiger partial charge in [0.15, 0.2) is 0 Å². The van der Waals surface area contributed by atoms with Crippen molar-refractivity contribution in [3.63, 3.8) is 0 Å². The van der Waals surface area contributed by atoms with E-state index in [4.69, 9.17) is 11.6 Å². The van der Waals surface area contributed by atoms with E-state index >= 15 is 0 Å². The molecule has 1 aromatic carbocycles. The van der Waals surface area contributed by atoms with Crippen molar-refractivity contribution in [3.8, 4) is 0 Å². The van der Waals surface area contributed by atoms with Crippen LogP contribution in [0.15, 0.2) is 30.5 Å². The molecule has 0 unspecified atom stereocenters. The van der Waals surface area contributed by atoms with Crippen LogP contribution < -0.4 is 0 Å². The van der Waals surface area contributed by atoms with E-state index < -0.39 is 23.9 Å². The molecule has 0 radical (unpaired) electrons. The largest absolute Gasteiger partial charge is 0.416 e. The average molecular weight is 360 g/mol. The number of hydrogen-bond acceptors (Lipinski definition) is 3. The quantitative estimate of drug-likeness (QED) is 0.913. The summed E-state index contributed by atoms with van der Waals surface area (Å²) in [5.74, 6) is 0.642. The maximum absolute atomic E-state index is 13.3. The molecule has 0 amide bonds. The van der Waals surface area contributed by atoms with Crippen molar-refractivity contribution in [2.45, 2.75) is 31.3 Å². The van der Waals surface area contributed by atoms with Gasteiger partial charge in [0.05, 0.1) is 24.4 Å². The highest BCUT2D eigenvalue weighted by Gasteiger charge is 2.40. The fraction of sp³-hybridized carbons (Fsp3) is 0.438. The van der Waals surface area contributed by atoms with Crippen LogP contribution in [-0.4, -0.2) is 32.2 Å². The van der Waals surface area contributed by atoms with Crippen molar-refractivity contribution in [2.24, 2.45) is 7.05 Å². The first-order valence-corrected chi connectivity index (χ1v) is 7.89. The lowest BCUT2D eigenvalue weighted by Gasteiger charge is -2.26. The number of aliphatic hydroxyl groups is 1. The number of nitrogens with zero attached hydrogens (tertiary/aromatic N) is 3. The summed E-state index contributed by atoms with van der Waals surface area (Å²) >= 11 is 5.97. The van der Waals surface area contributed by atoms with Gasteiger partial charge < -0.3 is 9.67 Å². The van der Waals surface area contributed by atoms with Crippen molar-refractivity contribution < 1.29 is 18.3 Å². The van der Waals surface area contributed by atoms with E-state index in [9.17, 15) is 18.3 Å². The lowest BCUT2D eigenvalue weighted by molar-refractivity contribution is -0.138. The van der Waals surface area contributed by atoms with Gasteiger partial charge in [0.25, 0.3) is 0 Å². The van der Waals surface area contributed by atoms with Crippen molar-refractivity contribution in [3.05, 3.63) is 52.6 Å². The highest BCUT2D eigenvalue weighted by Crippen LogP contribution is 2.40. The van der Waals surface area contributed by atoms with Gasteiger partial charge in [0.2, 0.25) is 0 Å². The maximum Gasteiger partial charge on any atom is 0.416 e. The molecular weight excluding hydrogens is 343 g/mol. The number of aromatic nitrogens is 2. The van der Waals surface area contributed by atoms with Crippen LogP contribution in [0.1, 0.15) is 29.4 Å². The van der Waals surface area contributed by atoms with E-state index in [1.165, 1.54) is 18.3 Å². The SMILES string of the molecule is Cn1c(Cl)cnc1CN1C[C@@H](O)C[C@@H]1c1ccccc1C(F)(F)F. The number of imidazole rings is 1. The Kier molecular flexibility index (Phi) is 4.59. The summed E-state index contributed by atoms with van der Waals surface area (Å²) in [4.78, 5) is 6.00. The smallest absolute Gasteiger partial charge is 0.392 e. The second-order valence-corrected chi connectivity index (χ2v) is 6.36. The van der Waals surface area contributed by atoms with Gasteiger partial charge in [-0.15, -0.1) is 0 Å². The van der Waals surface area contributed by atoms with Crippen molar-refractivity contribution in [1.82, 2.24) is 14.5 Å². The number of halogens is 4. The molecule has 0 spiro atoms. The van der Waals surface area contributed by atoms with Crippen molar-refractivity contribution >= 4 is 11.6 Å². The van der Waals surface area contributed by atoms with Gasteiger partial charge in [-0.05, 0) is 18.1 Å². The number of aliphatic hydroxyl groups excluding tert-OH is 1. The Morgan fingerprint density at radius 2 is 2.04 bits per heavy atom. The predicted molar refractivity (Wildman–Crippen MR) is 83.4 cm³/mol. The molecule has 2 atom stereocenters. The summed E-state index contributed by atoms with van der Waals surface area (Å²) < 4.78 is 41.6. The lowest BCUT2D eigenvalue weighted by atomic mass is 9.97. The van der Waals surface area contributed by atoms with E-state index in [0.717, 1.165) is 6.07 Å². The molecule has 1 aromatic heterocycles. The van der Waals surface area contributed by atoms with Gasteiger partial charge in [0.1, 0.15) is 11.0 Å². The monoisotopic (exact) mass is 359 g/mol. The topological polar surface area (TPSA) is 41.3 Å². The first-order chi connectivity index (χ1) is 11.3. The lowest BCUT2D eigenvalue weighted by Crippen LogP contribution is -2.27. The fourth-order valence-electron chi connectivity index (χ4n) is 3.18. The summed E-state index contributed by atoms with van der Waals surface area (Å²) in [6, 6.07) is 5.00. The first kappa shape index (κ1) is 17.3. The molecule has 1 fully saturated rings. The Morgan fingerprint density at radius 3 is 2.67 bits per heavy atom. The highest BCUT2D eigenvalue weighted by molar-refractivity contribution is 6.29. The normalized spacial score (nSPS) is 22.2. The fourth-order valence-corrected chi connectivity index (χ4v) is 3.32. The van der Waals surface area contributed by atoms with Gasteiger partial charge in [-0.1, -0.05) is 29.8 Å². The third kappa shape index (κ3) is 3.29. The van der Waals surface area contributed by atoms with Crippen LogP contribution in [0.5, 0.6) is 0 Å². The number of benzene rings is 1. The van der Waals surface area contributed by atoms with E-state index in [1.807, 2.05) is 4.90 Å².